The Kier molecular flexibility index (Phi) is 3.34. The molecular weight excluding hydrogens is 282 g/mol. The topological polar surface area (TPSA) is 37.8 Å². The number of rotatable bonds is 3. The fraction of sp³-hybridized carbons (Fsp3) is 0.750. The second kappa shape index (κ2) is 4.37. The van der Waals surface area contributed by atoms with Crippen LogP contribution in [0.3, 0.4) is 0 Å². The van der Waals surface area contributed by atoms with Gasteiger partial charge in [0.25, 0.3) is 0 Å². The van der Waals surface area contributed by atoms with E-state index >= 15 is 0 Å². The molecule has 1 aliphatic rings. The second-order valence-corrected chi connectivity index (χ2v) is 7.55. The highest BCUT2D eigenvalue weighted by Gasteiger charge is 2.29. The molecular formula is C8H12BrN3S2. The van der Waals surface area contributed by atoms with Gasteiger partial charge in [-0.25, -0.2) is 0 Å². The predicted molar refractivity (Wildman–Crippen MR) is 66.2 cm³/mol. The Hall–Kier alpha value is 0.190. The van der Waals surface area contributed by atoms with Gasteiger partial charge in [-0.1, -0.05) is 11.3 Å². The summed E-state index contributed by atoms with van der Waals surface area (Å²) in [6, 6.07) is 0. The number of thioether (sulfide) groups is 1. The Bertz CT molecular complexity index is 309. The van der Waals surface area contributed by atoms with E-state index in [9.17, 15) is 0 Å². The van der Waals surface area contributed by atoms with Crippen LogP contribution in [-0.4, -0.2) is 27.2 Å². The molecule has 1 fully saturated rings. The molecule has 6 heteroatoms. The molecule has 2 rings (SSSR count). The Balaban J connectivity index is 1.87. The number of anilines is 1. The molecule has 2 heterocycles. The Morgan fingerprint density at radius 3 is 3.00 bits per heavy atom. The van der Waals surface area contributed by atoms with Gasteiger partial charge >= 0.3 is 0 Å². The van der Waals surface area contributed by atoms with Gasteiger partial charge in [-0.05, 0) is 41.4 Å². The van der Waals surface area contributed by atoms with Crippen molar-refractivity contribution in [2.24, 2.45) is 0 Å². The Labute approximate surface area is 100 Å². The van der Waals surface area contributed by atoms with E-state index in [-0.39, 0.29) is 0 Å². The van der Waals surface area contributed by atoms with Crippen LogP contribution in [0.2, 0.25) is 0 Å². The summed E-state index contributed by atoms with van der Waals surface area (Å²) in [6.07, 6.45) is 2.63. The fourth-order valence-corrected chi connectivity index (χ4v) is 3.77. The number of nitrogens with zero attached hydrogens (tertiary/aromatic N) is 2. The van der Waals surface area contributed by atoms with Crippen molar-refractivity contribution in [2.75, 3.05) is 17.6 Å². The van der Waals surface area contributed by atoms with E-state index in [1.165, 1.54) is 18.6 Å². The molecule has 1 saturated heterocycles. The standard InChI is InChI=1S/C8H12BrN3S2/c1-8(3-2-4-13-8)5-10-7-12-11-6(9)14-7/h2-5H2,1H3,(H,10,12). The summed E-state index contributed by atoms with van der Waals surface area (Å²) in [5, 5.41) is 12.2. The van der Waals surface area contributed by atoms with Crippen LogP contribution in [0.4, 0.5) is 5.13 Å². The fourth-order valence-electron chi connectivity index (χ4n) is 1.52. The maximum atomic E-state index is 4.01. The van der Waals surface area contributed by atoms with Crippen LogP contribution < -0.4 is 5.32 Å². The van der Waals surface area contributed by atoms with Gasteiger partial charge in [-0.3, -0.25) is 0 Å². The van der Waals surface area contributed by atoms with Crippen molar-refractivity contribution in [3.8, 4) is 0 Å². The first-order valence-electron chi connectivity index (χ1n) is 4.55. The third-order valence-electron chi connectivity index (χ3n) is 2.31. The van der Waals surface area contributed by atoms with E-state index < -0.39 is 0 Å². The van der Waals surface area contributed by atoms with Crippen molar-refractivity contribution in [1.82, 2.24) is 10.2 Å². The average Bonchev–Trinajstić information content (AvgIpc) is 2.73. The van der Waals surface area contributed by atoms with Gasteiger partial charge in [-0.2, -0.15) is 11.8 Å². The van der Waals surface area contributed by atoms with Gasteiger partial charge in [0, 0.05) is 11.3 Å². The molecule has 1 aliphatic heterocycles. The van der Waals surface area contributed by atoms with Gasteiger partial charge in [0.2, 0.25) is 5.13 Å². The molecule has 0 spiro atoms. The van der Waals surface area contributed by atoms with Gasteiger partial charge in [0.1, 0.15) is 0 Å². The summed E-state index contributed by atoms with van der Waals surface area (Å²) < 4.78 is 1.22. The van der Waals surface area contributed by atoms with E-state index in [4.69, 9.17) is 0 Å². The maximum absolute atomic E-state index is 4.01. The summed E-state index contributed by atoms with van der Waals surface area (Å²) in [5.41, 5.74) is 0. The molecule has 78 valence electrons. The number of aromatic nitrogens is 2. The van der Waals surface area contributed by atoms with Gasteiger partial charge in [-0.15, -0.1) is 10.2 Å². The van der Waals surface area contributed by atoms with Gasteiger partial charge < -0.3 is 5.32 Å². The lowest BCUT2D eigenvalue weighted by molar-refractivity contribution is 0.634. The summed E-state index contributed by atoms with van der Waals surface area (Å²) in [7, 11) is 0. The van der Waals surface area contributed by atoms with Gasteiger partial charge in [0.15, 0.2) is 3.92 Å². The van der Waals surface area contributed by atoms with E-state index in [2.05, 4.69) is 50.1 Å². The lowest BCUT2D eigenvalue weighted by Gasteiger charge is -2.22. The van der Waals surface area contributed by atoms with Crippen LogP contribution in [0.25, 0.3) is 0 Å². The molecule has 0 aliphatic carbocycles. The molecule has 1 N–H and O–H groups in total. The van der Waals surface area contributed by atoms with Crippen LogP contribution in [0.15, 0.2) is 3.92 Å². The summed E-state index contributed by atoms with van der Waals surface area (Å²) in [5.74, 6) is 1.29. The lowest BCUT2D eigenvalue weighted by atomic mass is 10.1. The number of nitrogens with one attached hydrogen (secondary N) is 1. The van der Waals surface area contributed by atoms with Crippen molar-refractivity contribution in [3.63, 3.8) is 0 Å². The van der Waals surface area contributed by atoms with E-state index in [1.807, 2.05) is 0 Å². The quantitative estimate of drug-likeness (QED) is 0.930. The molecule has 1 atom stereocenters. The minimum atomic E-state index is 0.387. The number of hydrogen-bond donors (Lipinski definition) is 1. The first-order chi connectivity index (χ1) is 6.68. The SMILES string of the molecule is CC1(CNc2nnc(Br)s2)CCCS1. The lowest BCUT2D eigenvalue weighted by Crippen LogP contribution is -2.26. The Morgan fingerprint density at radius 1 is 1.57 bits per heavy atom. The molecule has 3 nitrogen and oxygen atoms in total. The van der Waals surface area contributed by atoms with E-state index in [1.54, 1.807) is 11.3 Å². The molecule has 0 saturated carbocycles. The van der Waals surface area contributed by atoms with Crippen molar-refractivity contribution >= 4 is 44.2 Å². The van der Waals surface area contributed by atoms with Gasteiger partial charge in [0.05, 0.1) is 0 Å². The summed E-state index contributed by atoms with van der Waals surface area (Å²) in [4.78, 5) is 0. The highest BCUT2D eigenvalue weighted by Crippen LogP contribution is 2.37. The van der Waals surface area contributed by atoms with Crippen LogP contribution in [0.1, 0.15) is 19.8 Å². The molecule has 1 unspecified atom stereocenters. The Morgan fingerprint density at radius 2 is 2.43 bits per heavy atom. The van der Waals surface area contributed by atoms with Crippen LogP contribution >= 0.6 is 39.0 Å². The minimum Gasteiger partial charge on any atom is -0.359 e. The van der Waals surface area contributed by atoms with Crippen molar-refractivity contribution in [1.29, 1.82) is 0 Å². The average molecular weight is 294 g/mol. The highest BCUT2D eigenvalue weighted by atomic mass is 79.9. The third kappa shape index (κ3) is 2.61. The zero-order valence-electron chi connectivity index (χ0n) is 7.92. The van der Waals surface area contributed by atoms with Crippen LogP contribution in [-0.2, 0) is 0 Å². The molecule has 14 heavy (non-hydrogen) atoms. The smallest absolute Gasteiger partial charge is 0.206 e. The van der Waals surface area contributed by atoms with Crippen molar-refractivity contribution < 1.29 is 0 Å². The zero-order chi connectivity index (χ0) is 10.0. The zero-order valence-corrected chi connectivity index (χ0v) is 11.1. The minimum absolute atomic E-state index is 0.387. The maximum Gasteiger partial charge on any atom is 0.206 e. The first kappa shape index (κ1) is 10.7. The largest absolute Gasteiger partial charge is 0.359 e. The predicted octanol–water partition coefficient (Wildman–Crippen LogP) is 3.00. The van der Waals surface area contributed by atoms with Crippen molar-refractivity contribution in [2.45, 2.75) is 24.5 Å². The highest BCUT2D eigenvalue weighted by molar-refractivity contribution is 9.11. The van der Waals surface area contributed by atoms with Crippen LogP contribution in [0.5, 0.6) is 0 Å². The molecule has 1 aromatic rings. The van der Waals surface area contributed by atoms with Crippen LogP contribution in [0, 0.1) is 0 Å². The first-order valence-corrected chi connectivity index (χ1v) is 7.14. The normalized spacial score (nSPS) is 26.7. The molecule has 0 amide bonds. The molecule has 0 bridgehead atoms. The third-order valence-corrected chi connectivity index (χ3v) is 5.17. The van der Waals surface area contributed by atoms with E-state index in [0.29, 0.717) is 4.75 Å². The number of hydrogen-bond acceptors (Lipinski definition) is 5. The summed E-state index contributed by atoms with van der Waals surface area (Å²) >= 11 is 6.90. The number of halogens is 1. The second-order valence-electron chi connectivity index (χ2n) is 3.62. The molecule has 0 radical (unpaired) electrons. The summed E-state index contributed by atoms with van der Waals surface area (Å²) in [6.45, 7) is 3.30. The van der Waals surface area contributed by atoms with E-state index in [0.717, 1.165) is 15.6 Å². The molecule has 0 aromatic carbocycles. The van der Waals surface area contributed by atoms with Crippen molar-refractivity contribution in [3.05, 3.63) is 3.92 Å². The molecule has 1 aromatic heterocycles. The monoisotopic (exact) mass is 293 g/mol.